The van der Waals surface area contributed by atoms with Gasteiger partial charge in [-0.3, -0.25) is 4.79 Å². The molecule has 0 aliphatic heterocycles. The third-order valence-electron chi connectivity index (χ3n) is 5.53. The van der Waals surface area contributed by atoms with Crippen molar-refractivity contribution in [3.8, 4) is 0 Å². The smallest absolute Gasteiger partial charge is 0.306 e. The van der Waals surface area contributed by atoms with E-state index in [0.717, 1.165) is 12.5 Å². The summed E-state index contributed by atoms with van der Waals surface area (Å²) in [4.78, 5) is 10.9. The first-order valence-corrected chi connectivity index (χ1v) is 7.69. The van der Waals surface area contributed by atoms with Crippen molar-refractivity contribution in [1.29, 1.82) is 0 Å². The third kappa shape index (κ3) is 2.95. The van der Waals surface area contributed by atoms with E-state index in [0.29, 0.717) is 37.6 Å². The number of carbonyl (C=O) groups is 1. The van der Waals surface area contributed by atoms with Crippen LogP contribution in [0.2, 0.25) is 0 Å². The summed E-state index contributed by atoms with van der Waals surface area (Å²) in [6.07, 6.45) is 7.95. The Morgan fingerprint density at radius 2 is 1.68 bits per heavy atom. The summed E-state index contributed by atoms with van der Waals surface area (Å²) >= 11 is 0. The van der Waals surface area contributed by atoms with Crippen molar-refractivity contribution in [1.82, 2.24) is 5.32 Å². The molecule has 108 valence electrons. The summed E-state index contributed by atoms with van der Waals surface area (Å²) in [5, 5.41) is 22.9. The largest absolute Gasteiger partial charge is 0.481 e. The van der Waals surface area contributed by atoms with Crippen LogP contribution in [0.15, 0.2) is 0 Å². The molecule has 0 atom stereocenters. The summed E-state index contributed by atoms with van der Waals surface area (Å²) < 4.78 is 0. The molecule has 0 saturated heterocycles. The second-order valence-electron chi connectivity index (χ2n) is 7.08. The van der Waals surface area contributed by atoms with E-state index in [1.807, 2.05) is 0 Å². The van der Waals surface area contributed by atoms with E-state index in [4.69, 9.17) is 5.11 Å². The Labute approximate surface area is 114 Å². The molecule has 3 aliphatic carbocycles. The van der Waals surface area contributed by atoms with Crippen LogP contribution in [0.3, 0.4) is 0 Å². The molecule has 3 N–H and O–H groups in total. The molecule has 3 fully saturated rings. The lowest BCUT2D eigenvalue weighted by atomic mass is 9.78. The average molecular weight is 267 g/mol. The molecular weight excluding hydrogens is 242 g/mol. The highest BCUT2D eigenvalue weighted by Gasteiger charge is 2.53. The Morgan fingerprint density at radius 3 is 2.16 bits per heavy atom. The molecular formula is C15H25NO3. The normalized spacial score (nSPS) is 37.0. The lowest BCUT2D eigenvalue weighted by molar-refractivity contribution is -0.144. The number of hydrogen-bond acceptors (Lipinski definition) is 3. The van der Waals surface area contributed by atoms with Crippen molar-refractivity contribution >= 4 is 5.97 Å². The molecule has 0 amide bonds. The van der Waals surface area contributed by atoms with E-state index < -0.39 is 11.6 Å². The minimum atomic E-state index is -0.708. The van der Waals surface area contributed by atoms with Crippen LogP contribution in [0.5, 0.6) is 0 Å². The van der Waals surface area contributed by atoms with Crippen LogP contribution in [0, 0.1) is 17.3 Å². The molecule has 0 unspecified atom stereocenters. The Hall–Kier alpha value is -0.610. The Morgan fingerprint density at radius 1 is 1.05 bits per heavy atom. The number of aliphatic hydroxyl groups is 1. The van der Waals surface area contributed by atoms with Gasteiger partial charge in [-0.05, 0) is 62.7 Å². The summed E-state index contributed by atoms with van der Waals surface area (Å²) in [6.45, 7) is 1.68. The molecule has 3 rings (SSSR count). The van der Waals surface area contributed by atoms with Gasteiger partial charge in [-0.1, -0.05) is 0 Å². The highest BCUT2D eigenvalue weighted by Crippen LogP contribution is 2.60. The van der Waals surface area contributed by atoms with Crippen LogP contribution >= 0.6 is 0 Å². The number of aliphatic carboxylic acids is 1. The van der Waals surface area contributed by atoms with Crippen molar-refractivity contribution in [2.45, 2.75) is 57.0 Å². The Kier molecular flexibility index (Phi) is 3.34. The van der Waals surface area contributed by atoms with Gasteiger partial charge in [-0.15, -0.1) is 0 Å². The monoisotopic (exact) mass is 267 g/mol. The molecule has 3 saturated carbocycles. The van der Waals surface area contributed by atoms with E-state index in [2.05, 4.69) is 5.32 Å². The first-order chi connectivity index (χ1) is 9.03. The fraction of sp³-hybridized carbons (Fsp3) is 0.933. The summed E-state index contributed by atoms with van der Waals surface area (Å²) in [5.41, 5.74) is -0.111. The summed E-state index contributed by atoms with van der Waals surface area (Å²) in [7, 11) is 0. The maximum atomic E-state index is 10.9. The quantitative estimate of drug-likeness (QED) is 0.686. The van der Waals surface area contributed by atoms with Crippen molar-refractivity contribution in [2.24, 2.45) is 17.3 Å². The van der Waals surface area contributed by atoms with E-state index in [9.17, 15) is 9.90 Å². The lowest BCUT2D eigenvalue weighted by Crippen LogP contribution is -2.45. The topological polar surface area (TPSA) is 69.6 Å². The van der Waals surface area contributed by atoms with Gasteiger partial charge in [0.25, 0.3) is 0 Å². The van der Waals surface area contributed by atoms with Crippen LogP contribution in [-0.2, 0) is 4.79 Å². The van der Waals surface area contributed by atoms with Crippen LogP contribution in [0.1, 0.15) is 51.4 Å². The number of nitrogens with one attached hydrogen (secondary N) is 1. The third-order valence-corrected chi connectivity index (χ3v) is 5.53. The zero-order valence-corrected chi connectivity index (χ0v) is 11.5. The minimum absolute atomic E-state index is 0.249. The van der Waals surface area contributed by atoms with Crippen molar-refractivity contribution < 1.29 is 15.0 Å². The zero-order valence-electron chi connectivity index (χ0n) is 11.5. The van der Waals surface area contributed by atoms with Gasteiger partial charge >= 0.3 is 5.97 Å². The number of carboxylic acids is 1. The van der Waals surface area contributed by atoms with Crippen molar-refractivity contribution in [2.75, 3.05) is 13.1 Å². The first-order valence-electron chi connectivity index (χ1n) is 7.69. The second kappa shape index (κ2) is 4.74. The Bertz CT molecular complexity index is 352. The van der Waals surface area contributed by atoms with Gasteiger partial charge in [0.1, 0.15) is 0 Å². The predicted octanol–water partition coefficient (Wildman–Crippen LogP) is 1.77. The predicted molar refractivity (Wildman–Crippen MR) is 71.8 cm³/mol. The zero-order chi connectivity index (χ0) is 13.5. The van der Waals surface area contributed by atoms with E-state index in [1.165, 1.54) is 25.7 Å². The van der Waals surface area contributed by atoms with Crippen molar-refractivity contribution in [3.05, 3.63) is 0 Å². The van der Waals surface area contributed by atoms with Gasteiger partial charge in [0.05, 0.1) is 11.5 Å². The molecule has 3 aliphatic rings. The van der Waals surface area contributed by atoms with Crippen LogP contribution in [0.4, 0.5) is 0 Å². The fourth-order valence-electron chi connectivity index (χ4n) is 3.71. The standard InChI is InChI=1S/C15H25NO3/c17-13(18)11-3-5-15(19,6-4-11)10-16-9-14(7-8-14)12-1-2-12/h11-12,16,19H,1-10H2,(H,17,18). The molecule has 4 heteroatoms. The highest BCUT2D eigenvalue weighted by atomic mass is 16.4. The molecule has 0 bridgehead atoms. The van der Waals surface area contributed by atoms with Gasteiger partial charge in [-0.25, -0.2) is 0 Å². The van der Waals surface area contributed by atoms with Gasteiger partial charge in [0.15, 0.2) is 0 Å². The maximum absolute atomic E-state index is 10.9. The Balaban J connectivity index is 1.41. The number of carboxylic acid groups (broad SMARTS) is 1. The average Bonchev–Trinajstić information content (AvgIpc) is 3.23. The molecule has 19 heavy (non-hydrogen) atoms. The van der Waals surface area contributed by atoms with E-state index in [-0.39, 0.29) is 5.92 Å². The van der Waals surface area contributed by atoms with Gasteiger partial charge in [-0.2, -0.15) is 0 Å². The van der Waals surface area contributed by atoms with Crippen LogP contribution in [-0.4, -0.2) is 34.9 Å². The van der Waals surface area contributed by atoms with Crippen molar-refractivity contribution in [3.63, 3.8) is 0 Å². The minimum Gasteiger partial charge on any atom is -0.481 e. The molecule has 0 radical (unpaired) electrons. The highest BCUT2D eigenvalue weighted by molar-refractivity contribution is 5.70. The summed E-state index contributed by atoms with van der Waals surface area (Å²) in [5.74, 6) is -0.0143. The molecule has 4 nitrogen and oxygen atoms in total. The molecule has 0 heterocycles. The number of rotatable bonds is 6. The van der Waals surface area contributed by atoms with Crippen LogP contribution in [0.25, 0.3) is 0 Å². The SMILES string of the molecule is O=C(O)C1CCC(O)(CNCC2(C3CC3)CC2)CC1. The van der Waals surface area contributed by atoms with Gasteiger partial charge < -0.3 is 15.5 Å². The van der Waals surface area contributed by atoms with Crippen LogP contribution < -0.4 is 5.32 Å². The summed E-state index contributed by atoms with van der Waals surface area (Å²) in [6, 6.07) is 0. The van der Waals surface area contributed by atoms with E-state index in [1.54, 1.807) is 0 Å². The molecule has 0 aromatic rings. The van der Waals surface area contributed by atoms with Gasteiger partial charge in [0.2, 0.25) is 0 Å². The first kappa shape index (κ1) is 13.4. The fourth-order valence-corrected chi connectivity index (χ4v) is 3.71. The molecule has 0 spiro atoms. The second-order valence-corrected chi connectivity index (χ2v) is 7.08. The van der Waals surface area contributed by atoms with E-state index >= 15 is 0 Å². The van der Waals surface area contributed by atoms with Gasteiger partial charge in [0, 0.05) is 13.1 Å². The molecule has 0 aromatic carbocycles. The lowest BCUT2D eigenvalue weighted by Gasteiger charge is -2.35. The number of hydrogen-bond donors (Lipinski definition) is 3. The maximum Gasteiger partial charge on any atom is 0.306 e. The molecule has 0 aromatic heterocycles.